The van der Waals surface area contributed by atoms with Crippen LogP contribution < -0.4 is 0 Å². The van der Waals surface area contributed by atoms with Crippen LogP contribution >= 0.6 is 0 Å². The van der Waals surface area contributed by atoms with E-state index in [0.717, 1.165) is 19.4 Å². The summed E-state index contributed by atoms with van der Waals surface area (Å²) in [5.74, 6) is 0. The van der Waals surface area contributed by atoms with Crippen molar-refractivity contribution in [3.63, 3.8) is 0 Å². The predicted molar refractivity (Wildman–Crippen MR) is 63.5 cm³/mol. The molecule has 17 heavy (non-hydrogen) atoms. The lowest BCUT2D eigenvalue weighted by Gasteiger charge is -2.06. The third-order valence-corrected chi connectivity index (χ3v) is 1.88. The first-order valence-corrected chi connectivity index (χ1v) is 5.98. The smallest absolute Gasteiger partial charge is 0.402 e. The molecule has 6 nitrogen and oxygen atoms in total. The van der Waals surface area contributed by atoms with Gasteiger partial charge in [-0.3, -0.25) is 0 Å². The van der Waals surface area contributed by atoms with Crippen molar-refractivity contribution in [1.29, 1.82) is 0 Å². The Balaban J connectivity index is 2.89. The van der Waals surface area contributed by atoms with Gasteiger partial charge in [0.1, 0.15) is 0 Å². The Labute approximate surface area is 103 Å². The normalized spacial score (nSPS) is 10.8. The van der Waals surface area contributed by atoms with E-state index in [9.17, 15) is 0 Å². The molecule has 0 heterocycles. The van der Waals surface area contributed by atoms with Crippen LogP contribution in [0.5, 0.6) is 0 Å². The lowest BCUT2D eigenvalue weighted by Crippen LogP contribution is -2.20. The zero-order valence-electron chi connectivity index (χ0n) is 10.5. The molecule has 0 radical (unpaired) electrons. The van der Waals surface area contributed by atoms with E-state index in [1.54, 1.807) is 0 Å². The maximum Gasteiger partial charge on any atom is 0.633 e. The number of ether oxygens (including phenoxy) is 3. The minimum absolute atomic E-state index is 0.151. The second-order valence-corrected chi connectivity index (χ2v) is 3.39. The minimum atomic E-state index is -1.73. The molecule has 0 aliphatic rings. The Bertz CT molecular complexity index is 147. The van der Waals surface area contributed by atoms with Gasteiger partial charge in [-0.25, -0.2) is 0 Å². The highest BCUT2D eigenvalue weighted by Crippen LogP contribution is 1.88. The first kappa shape index (κ1) is 16.8. The molecule has 0 aliphatic carbocycles. The third-order valence-electron chi connectivity index (χ3n) is 1.88. The summed E-state index contributed by atoms with van der Waals surface area (Å²) in [6.45, 7) is 5.51. The fourth-order valence-electron chi connectivity index (χ4n) is 1.00. The standard InChI is InChI=1S/C10H23BO6/c1-2-3-4-14-5-6-15-7-8-16-9-10-17-11(12)13/h12-13H,2-10H2,1H3. The van der Waals surface area contributed by atoms with Gasteiger partial charge in [-0.15, -0.1) is 0 Å². The monoisotopic (exact) mass is 250 g/mol. The number of hydrogen-bond donors (Lipinski definition) is 2. The highest BCUT2D eigenvalue weighted by atomic mass is 16.6. The van der Waals surface area contributed by atoms with E-state index in [2.05, 4.69) is 11.6 Å². The fraction of sp³-hybridized carbons (Fsp3) is 1.00. The van der Waals surface area contributed by atoms with Gasteiger partial charge in [-0.05, 0) is 6.42 Å². The Morgan fingerprint density at radius 2 is 1.24 bits per heavy atom. The Kier molecular flexibility index (Phi) is 13.7. The Morgan fingerprint density at radius 1 is 0.765 bits per heavy atom. The summed E-state index contributed by atoms with van der Waals surface area (Å²) in [7, 11) is -1.73. The average molecular weight is 250 g/mol. The summed E-state index contributed by atoms with van der Waals surface area (Å²) < 4.78 is 20.1. The van der Waals surface area contributed by atoms with Crippen LogP contribution in [-0.4, -0.2) is 63.6 Å². The van der Waals surface area contributed by atoms with Crippen molar-refractivity contribution in [2.45, 2.75) is 19.8 Å². The second kappa shape index (κ2) is 13.9. The van der Waals surface area contributed by atoms with Crippen LogP contribution in [0.2, 0.25) is 0 Å². The maximum absolute atomic E-state index is 8.35. The van der Waals surface area contributed by atoms with E-state index in [0.29, 0.717) is 33.0 Å². The molecule has 102 valence electrons. The van der Waals surface area contributed by atoms with Gasteiger partial charge < -0.3 is 28.9 Å². The molecule has 0 aliphatic heterocycles. The van der Waals surface area contributed by atoms with E-state index < -0.39 is 7.32 Å². The van der Waals surface area contributed by atoms with Crippen LogP contribution in [0.4, 0.5) is 0 Å². The molecule has 0 aromatic rings. The van der Waals surface area contributed by atoms with Gasteiger partial charge in [-0.1, -0.05) is 13.3 Å². The molecule has 0 saturated carbocycles. The van der Waals surface area contributed by atoms with Crippen molar-refractivity contribution in [2.24, 2.45) is 0 Å². The molecule has 0 aromatic carbocycles. The highest BCUT2D eigenvalue weighted by Gasteiger charge is 2.06. The van der Waals surface area contributed by atoms with Crippen molar-refractivity contribution in [1.82, 2.24) is 0 Å². The third kappa shape index (κ3) is 15.8. The lowest BCUT2D eigenvalue weighted by molar-refractivity contribution is 0.00605. The summed E-state index contributed by atoms with van der Waals surface area (Å²) in [6.07, 6.45) is 2.22. The SMILES string of the molecule is CCCCOCCOCCOCCOB(O)O. The minimum Gasteiger partial charge on any atom is -0.402 e. The van der Waals surface area contributed by atoms with E-state index in [-0.39, 0.29) is 6.61 Å². The zero-order chi connectivity index (χ0) is 12.8. The molecule has 0 saturated heterocycles. The van der Waals surface area contributed by atoms with Gasteiger partial charge in [0.25, 0.3) is 0 Å². The first-order valence-electron chi connectivity index (χ1n) is 5.98. The lowest BCUT2D eigenvalue weighted by atomic mass is 10.3. The molecule has 0 rings (SSSR count). The van der Waals surface area contributed by atoms with Gasteiger partial charge in [0.15, 0.2) is 0 Å². The van der Waals surface area contributed by atoms with Crippen LogP contribution in [0.3, 0.4) is 0 Å². The van der Waals surface area contributed by atoms with Crippen molar-refractivity contribution in [3.8, 4) is 0 Å². The zero-order valence-corrected chi connectivity index (χ0v) is 10.5. The van der Waals surface area contributed by atoms with Crippen molar-refractivity contribution < 1.29 is 28.9 Å². The average Bonchev–Trinajstić information content (AvgIpc) is 2.30. The van der Waals surface area contributed by atoms with Gasteiger partial charge >= 0.3 is 7.32 Å². The van der Waals surface area contributed by atoms with E-state index >= 15 is 0 Å². The number of unbranched alkanes of at least 4 members (excludes halogenated alkanes) is 1. The van der Waals surface area contributed by atoms with E-state index in [1.165, 1.54) is 0 Å². The summed E-state index contributed by atoms with van der Waals surface area (Å²) in [6, 6.07) is 0. The maximum atomic E-state index is 8.35. The molecule has 0 fully saturated rings. The molecule has 7 heteroatoms. The molecule has 0 unspecified atom stereocenters. The van der Waals surface area contributed by atoms with Crippen LogP contribution in [0.15, 0.2) is 0 Å². The van der Waals surface area contributed by atoms with E-state index in [1.807, 2.05) is 0 Å². The molecule has 0 bridgehead atoms. The van der Waals surface area contributed by atoms with Crippen LogP contribution in [0, 0.1) is 0 Å². The van der Waals surface area contributed by atoms with Crippen molar-refractivity contribution in [3.05, 3.63) is 0 Å². The van der Waals surface area contributed by atoms with Crippen molar-refractivity contribution in [2.75, 3.05) is 46.2 Å². The van der Waals surface area contributed by atoms with Gasteiger partial charge in [-0.2, -0.15) is 0 Å². The predicted octanol–water partition coefficient (Wildman–Crippen LogP) is -0.178. The molecule has 0 spiro atoms. The quantitative estimate of drug-likeness (QED) is 0.349. The molecular formula is C10H23BO6. The van der Waals surface area contributed by atoms with Gasteiger partial charge in [0.05, 0.1) is 39.6 Å². The molecule has 0 atom stereocenters. The van der Waals surface area contributed by atoms with Crippen molar-refractivity contribution >= 4 is 7.32 Å². The molecule has 2 N–H and O–H groups in total. The summed E-state index contributed by atoms with van der Waals surface area (Å²) in [4.78, 5) is 0. The van der Waals surface area contributed by atoms with Gasteiger partial charge in [0, 0.05) is 6.61 Å². The Hall–Kier alpha value is -0.175. The van der Waals surface area contributed by atoms with E-state index in [4.69, 9.17) is 24.3 Å². The van der Waals surface area contributed by atoms with Crippen LogP contribution in [0.25, 0.3) is 0 Å². The number of rotatable bonds is 13. The highest BCUT2D eigenvalue weighted by molar-refractivity contribution is 6.32. The summed E-state index contributed by atoms with van der Waals surface area (Å²) >= 11 is 0. The second-order valence-electron chi connectivity index (χ2n) is 3.39. The summed E-state index contributed by atoms with van der Waals surface area (Å²) in [5.41, 5.74) is 0. The van der Waals surface area contributed by atoms with Crippen LogP contribution in [0.1, 0.15) is 19.8 Å². The topological polar surface area (TPSA) is 77.4 Å². The fourth-order valence-corrected chi connectivity index (χ4v) is 1.00. The summed E-state index contributed by atoms with van der Waals surface area (Å²) in [5, 5.41) is 16.7. The molecule has 0 amide bonds. The van der Waals surface area contributed by atoms with Crippen LogP contribution in [-0.2, 0) is 18.9 Å². The van der Waals surface area contributed by atoms with Gasteiger partial charge in [0.2, 0.25) is 0 Å². The largest absolute Gasteiger partial charge is 0.633 e. The molecule has 0 aromatic heterocycles. The Morgan fingerprint density at radius 3 is 1.71 bits per heavy atom. The molecular weight excluding hydrogens is 227 g/mol. The number of hydrogen-bond acceptors (Lipinski definition) is 6. The first-order chi connectivity index (χ1) is 8.27.